The number of hydrogen-bond acceptors (Lipinski definition) is 3. The van der Waals surface area contributed by atoms with Gasteiger partial charge in [-0.1, -0.05) is 0 Å². The molecule has 0 fully saturated rings. The molecule has 0 radical (unpaired) electrons. The van der Waals surface area contributed by atoms with Gasteiger partial charge in [0.1, 0.15) is 0 Å². The van der Waals surface area contributed by atoms with Gasteiger partial charge in [-0.15, -0.1) is 0 Å². The summed E-state index contributed by atoms with van der Waals surface area (Å²) in [5, 5.41) is 4.66. The molecule has 0 saturated carbocycles. The highest BCUT2D eigenvalue weighted by Crippen LogP contribution is 2.34. The van der Waals surface area contributed by atoms with Crippen molar-refractivity contribution in [2.45, 2.75) is 25.3 Å². The number of nitrogens with zero attached hydrogens (tertiary/aromatic N) is 1. The summed E-state index contributed by atoms with van der Waals surface area (Å²) in [5.41, 5.74) is 5.75. The van der Waals surface area contributed by atoms with Gasteiger partial charge in [0.2, 0.25) is 0 Å². The molecule has 1 aliphatic carbocycles. The van der Waals surface area contributed by atoms with Crippen LogP contribution in [-0.2, 0) is 12.8 Å². The molecule has 1 aliphatic rings. The molecule has 136 valence electrons. The third-order valence-corrected chi connectivity index (χ3v) is 5.49. The molecule has 5 heteroatoms. The van der Waals surface area contributed by atoms with Gasteiger partial charge in [-0.3, -0.25) is 0 Å². The van der Waals surface area contributed by atoms with Crippen molar-refractivity contribution in [2.75, 3.05) is 26.1 Å². The van der Waals surface area contributed by atoms with Crippen LogP contribution in [0.3, 0.4) is 0 Å². The number of methoxy groups -OCH3 is 1. The molecule has 0 saturated heterocycles. The Bertz CT molecular complexity index is 950. The van der Waals surface area contributed by atoms with Crippen molar-refractivity contribution >= 4 is 22.3 Å². The first-order chi connectivity index (χ1) is 12.6. The Morgan fingerprint density at radius 2 is 1.96 bits per heavy atom. The highest BCUT2D eigenvalue weighted by atomic mass is 19.1. The minimum Gasteiger partial charge on any atom is -0.494 e. The van der Waals surface area contributed by atoms with E-state index in [4.69, 9.17) is 4.74 Å². The van der Waals surface area contributed by atoms with Crippen LogP contribution in [-0.4, -0.2) is 32.2 Å². The van der Waals surface area contributed by atoms with Crippen LogP contribution in [0.1, 0.15) is 17.7 Å². The van der Waals surface area contributed by atoms with E-state index in [1.54, 1.807) is 6.07 Å². The molecule has 0 aliphatic heterocycles. The first-order valence-corrected chi connectivity index (χ1v) is 8.98. The Morgan fingerprint density at radius 1 is 1.19 bits per heavy atom. The molecule has 1 unspecified atom stereocenters. The van der Waals surface area contributed by atoms with Gasteiger partial charge in [-0.05, 0) is 62.2 Å². The number of benzene rings is 2. The summed E-state index contributed by atoms with van der Waals surface area (Å²) in [5.74, 6) is -0.0933. The zero-order valence-electron chi connectivity index (χ0n) is 15.4. The molecule has 2 N–H and O–H groups in total. The SMILES string of the molecule is CNC1CCc2[nH]c3ccc(N(C)c4ccc(OC)c(F)c4)cc3c2C1. The van der Waals surface area contributed by atoms with Crippen molar-refractivity contribution < 1.29 is 9.13 Å². The Labute approximate surface area is 153 Å². The van der Waals surface area contributed by atoms with Crippen LogP contribution in [0.25, 0.3) is 10.9 Å². The van der Waals surface area contributed by atoms with Gasteiger partial charge in [0.15, 0.2) is 11.6 Å². The quantitative estimate of drug-likeness (QED) is 0.740. The van der Waals surface area contributed by atoms with Crippen LogP contribution in [0, 0.1) is 5.82 Å². The predicted molar refractivity (Wildman–Crippen MR) is 104 cm³/mol. The van der Waals surface area contributed by atoms with E-state index >= 15 is 0 Å². The van der Waals surface area contributed by atoms with E-state index in [1.165, 1.54) is 35.3 Å². The molecule has 0 spiro atoms. The van der Waals surface area contributed by atoms with Crippen LogP contribution < -0.4 is 15.0 Å². The summed E-state index contributed by atoms with van der Waals surface area (Å²) in [6, 6.07) is 12.0. The number of rotatable bonds is 4. The maximum Gasteiger partial charge on any atom is 0.167 e. The van der Waals surface area contributed by atoms with Crippen molar-refractivity contribution in [2.24, 2.45) is 0 Å². The van der Waals surface area contributed by atoms with E-state index < -0.39 is 0 Å². The van der Waals surface area contributed by atoms with E-state index in [1.807, 2.05) is 25.1 Å². The Hall–Kier alpha value is -2.53. The van der Waals surface area contributed by atoms with Gasteiger partial charge >= 0.3 is 0 Å². The van der Waals surface area contributed by atoms with Gasteiger partial charge in [-0.2, -0.15) is 0 Å². The fourth-order valence-electron chi connectivity index (χ4n) is 3.87. The Morgan fingerprint density at radius 3 is 2.69 bits per heavy atom. The van der Waals surface area contributed by atoms with Crippen LogP contribution in [0.4, 0.5) is 15.8 Å². The zero-order chi connectivity index (χ0) is 18.3. The van der Waals surface area contributed by atoms with E-state index in [-0.39, 0.29) is 11.6 Å². The number of aromatic amines is 1. The predicted octanol–water partition coefficient (Wildman–Crippen LogP) is 4.16. The highest BCUT2D eigenvalue weighted by molar-refractivity contribution is 5.89. The number of ether oxygens (including phenoxy) is 1. The summed E-state index contributed by atoms with van der Waals surface area (Å²) < 4.78 is 19.1. The van der Waals surface area contributed by atoms with Gasteiger partial charge in [0.25, 0.3) is 0 Å². The largest absolute Gasteiger partial charge is 0.494 e. The molecule has 4 rings (SSSR count). The lowest BCUT2D eigenvalue weighted by molar-refractivity contribution is 0.386. The van der Waals surface area contributed by atoms with E-state index in [0.29, 0.717) is 6.04 Å². The van der Waals surface area contributed by atoms with Crippen LogP contribution >= 0.6 is 0 Å². The fourth-order valence-corrected chi connectivity index (χ4v) is 3.87. The normalized spacial score (nSPS) is 16.5. The number of halogens is 1. The number of aryl methyl sites for hydroxylation is 1. The summed E-state index contributed by atoms with van der Waals surface area (Å²) >= 11 is 0. The molecule has 4 nitrogen and oxygen atoms in total. The summed E-state index contributed by atoms with van der Waals surface area (Å²) in [6.45, 7) is 0. The number of H-pyrrole nitrogens is 1. The Balaban J connectivity index is 1.72. The lowest BCUT2D eigenvalue weighted by Crippen LogP contribution is -2.31. The molecule has 2 aromatic carbocycles. The molecule has 3 aromatic rings. The summed E-state index contributed by atoms with van der Waals surface area (Å²) in [6.07, 6.45) is 3.27. The van der Waals surface area contributed by atoms with E-state index in [9.17, 15) is 4.39 Å². The van der Waals surface area contributed by atoms with E-state index in [0.717, 1.165) is 30.6 Å². The maximum atomic E-state index is 14.1. The molecule has 26 heavy (non-hydrogen) atoms. The average molecular weight is 353 g/mol. The van der Waals surface area contributed by atoms with Gasteiger partial charge in [-0.25, -0.2) is 4.39 Å². The number of fused-ring (bicyclic) bond motifs is 3. The lowest BCUT2D eigenvalue weighted by atomic mass is 9.91. The Kier molecular flexibility index (Phi) is 4.32. The standard InChI is InChI=1S/C21H24FN3O/c1-23-13-4-7-19-16(10-13)17-11-14(5-8-20(17)24-19)25(2)15-6-9-21(26-3)18(22)12-15/h5-6,8-9,11-13,23-24H,4,7,10H2,1-3H3. The summed E-state index contributed by atoms with van der Waals surface area (Å²) in [7, 11) is 5.46. The number of likely N-dealkylation sites (N-methyl/N-ethyl adjacent to an activating group) is 1. The third kappa shape index (κ3) is 2.82. The van der Waals surface area contributed by atoms with Crippen LogP contribution in [0.15, 0.2) is 36.4 Å². The smallest absolute Gasteiger partial charge is 0.167 e. The number of aromatic nitrogens is 1. The molecular formula is C21H24FN3O. The zero-order valence-corrected chi connectivity index (χ0v) is 15.4. The van der Waals surface area contributed by atoms with Crippen molar-refractivity contribution in [3.05, 3.63) is 53.5 Å². The van der Waals surface area contributed by atoms with Crippen molar-refractivity contribution in [1.29, 1.82) is 0 Å². The number of anilines is 2. The second-order valence-corrected chi connectivity index (χ2v) is 6.92. The van der Waals surface area contributed by atoms with Gasteiger partial charge in [0, 0.05) is 47.1 Å². The first-order valence-electron chi connectivity index (χ1n) is 8.98. The fraction of sp³-hybridized carbons (Fsp3) is 0.333. The second kappa shape index (κ2) is 6.65. The average Bonchev–Trinajstić information content (AvgIpc) is 3.04. The molecular weight excluding hydrogens is 329 g/mol. The maximum absolute atomic E-state index is 14.1. The third-order valence-electron chi connectivity index (χ3n) is 5.49. The number of hydrogen-bond donors (Lipinski definition) is 2. The van der Waals surface area contributed by atoms with Crippen molar-refractivity contribution in [3.63, 3.8) is 0 Å². The molecule has 1 heterocycles. The first kappa shape index (κ1) is 16.9. The molecule has 0 amide bonds. The van der Waals surface area contributed by atoms with Crippen molar-refractivity contribution in [3.8, 4) is 5.75 Å². The topological polar surface area (TPSA) is 40.3 Å². The molecule has 1 aromatic heterocycles. The minimum absolute atomic E-state index is 0.260. The summed E-state index contributed by atoms with van der Waals surface area (Å²) in [4.78, 5) is 5.57. The molecule has 0 bridgehead atoms. The van der Waals surface area contributed by atoms with Crippen molar-refractivity contribution in [1.82, 2.24) is 10.3 Å². The van der Waals surface area contributed by atoms with Crippen LogP contribution in [0.2, 0.25) is 0 Å². The second-order valence-electron chi connectivity index (χ2n) is 6.92. The van der Waals surface area contributed by atoms with Gasteiger partial charge < -0.3 is 19.9 Å². The van der Waals surface area contributed by atoms with E-state index in [2.05, 4.69) is 28.5 Å². The molecule has 1 atom stereocenters. The van der Waals surface area contributed by atoms with Crippen LogP contribution in [0.5, 0.6) is 5.75 Å². The minimum atomic E-state index is -0.353. The number of nitrogens with one attached hydrogen (secondary N) is 2. The monoisotopic (exact) mass is 353 g/mol. The highest BCUT2D eigenvalue weighted by Gasteiger charge is 2.22. The lowest BCUT2D eigenvalue weighted by Gasteiger charge is -2.22. The van der Waals surface area contributed by atoms with Gasteiger partial charge in [0.05, 0.1) is 7.11 Å².